The Bertz CT molecular complexity index is 268. The van der Waals surface area contributed by atoms with Gasteiger partial charge in [0.1, 0.15) is 0 Å². The van der Waals surface area contributed by atoms with Crippen LogP contribution in [-0.2, 0) is 0 Å². The first-order valence-electron chi connectivity index (χ1n) is 4.22. The Morgan fingerprint density at radius 2 is 2.38 bits per heavy atom. The van der Waals surface area contributed by atoms with Gasteiger partial charge in [0.2, 0.25) is 0 Å². The van der Waals surface area contributed by atoms with Gasteiger partial charge >= 0.3 is 0 Å². The second-order valence-corrected chi connectivity index (χ2v) is 3.43. The van der Waals surface area contributed by atoms with Crippen molar-refractivity contribution >= 4 is 5.91 Å². The van der Waals surface area contributed by atoms with Crippen molar-refractivity contribution in [1.29, 1.82) is 0 Å². The highest BCUT2D eigenvalue weighted by Crippen LogP contribution is 2.00. The van der Waals surface area contributed by atoms with Crippen molar-refractivity contribution in [3.8, 4) is 0 Å². The van der Waals surface area contributed by atoms with Crippen molar-refractivity contribution in [3.63, 3.8) is 0 Å². The maximum atomic E-state index is 11.5. The zero-order chi connectivity index (χ0) is 9.84. The van der Waals surface area contributed by atoms with Gasteiger partial charge in [0.05, 0.1) is 6.20 Å². The summed E-state index contributed by atoms with van der Waals surface area (Å²) in [5.74, 6) is 0.364. The quantitative estimate of drug-likeness (QED) is 0.741. The zero-order valence-corrected chi connectivity index (χ0v) is 8.11. The standard InChI is InChI=1S/C8H14N4O/c1-6(2)5-12(3)8(13)7-4-9-11-10-7/h4,6H,5H2,1-3H3,(H,9,10,11). The fraction of sp³-hybridized carbons (Fsp3) is 0.625. The first kappa shape index (κ1) is 9.70. The minimum absolute atomic E-state index is 0.0950. The summed E-state index contributed by atoms with van der Waals surface area (Å²) in [5.41, 5.74) is 0.364. The van der Waals surface area contributed by atoms with E-state index in [1.807, 2.05) is 0 Å². The van der Waals surface area contributed by atoms with Crippen molar-refractivity contribution in [1.82, 2.24) is 20.3 Å². The highest BCUT2D eigenvalue weighted by atomic mass is 16.2. The number of amides is 1. The molecule has 0 aromatic carbocycles. The molecule has 13 heavy (non-hydrogen) atoms. The molecule has 0 fully saturated rings. The lowest BCUT2D eigenvalue weighted by molar-refractivity contribution is 0.0773. The van der Waals surface area contributed by atoms with Crippen LogP contribution in [0.15, 0.2) is 6.20 Å². The van der Waals surface area contributed by atoms with Gasteiger partial charge in [-0.25, -0.2) is 0 Å². The van der Waals surface area contributed by atoms with E-state index < -0.39 is 0 Å². The molecule has 0 aliphatic rings. The molecule has 1 N–H and O–H groups in total. The predicted molar refractivity (Wildman–Crippen MR) is 48.2 cm³/mol. The van der Waals surface area contributed by atoms with Crippen LogP contribution in [0.5, 0.6) is 0 Å². The third-order valence-corrected chi connectivity index (χ3v) is 1.62. The van der Waals surface area contributed by atoms with Gasteiger partial charge < -0.3 is 4.90 Å². The van der Waals surface area contributed by atoms with E-state index in [1.54, 1.807) is 11.9 Å². The van der Waals surface area contributed by atoms with Crippen LogP contribution in [0.4, 0.5) is 0 Å². The van der Waals surface area contributed by atoms with Gasteiger partial charge in [-0.15, -0.1) is 0 Å². The van der Waals surface area contributed by atoms with E-state index in [0.717, 1.165) is 6.54 Å². The topological polar surface area (TPSA) is 61.9 Å². The number of aromatic nitrogens is 3. The molecule has 0 bridgehead atoms. The van der Waals surface area contributed by atoms with Gasteiger partial charge in [0.25, 0.3) is 5.91 Å². The summed E-state index contributed by atoms with van der Waals surface area (Å²) in [6, 6.07) is 0. The largest absolute Gasteiger partial charge is 0.340 e. The zero-order valence-electron chi connectivity index (χ0n) is 8.11. The van der Waals surface area contributed by atoms with E-state index in [0.29, 0.717) is 11.6 Å². The molecule has 0 saturated heterocycles. The normalized spacial score (nSPS) is 10.5. The van der Waals surface area contributed by atoms with E-state index in [1.165, 1.54) is 6.20 Å². The summed E-state index contributed by atoms with van der Waals surface area (Å²) in [4.78, 5) is 13.2. The third kappa shape index (κ3) is 2.54. The van der Waals surface area contributed by atoms with Crippen molar-refractivity contribution in [3.05, 3.63) is 11.9 Å². The van der Waals surface area contributed by atoms with Crippen LogP contribution in [0.25, 0.3) is 0 Å². The SMILES string of the molecule is CC(C)CN(C)C(=O)c1cn[nH]n1. The fourth-order valence-corrected chi connectivity index (χ4v) is 1.13. The Morgan fingerprint density at radius 3 is 2.85 bits per heavy atom. The summed E-state index contributed by atoms with van der Waals surface area (Å²) in [6.45, 7) is 4.85. The first-order valence-corrected chi connectivity index (χ1v) is 4.22. The summed E-state index contributed by atoms with van der Waals surface area (Å²) in [6.07, 6.45) is 1.43. The summed E-state index contributed by atoms with van der Waals surface area (Å²) >= 11 is 0. The number of rotatable bonds is 3. The first-order chi connectivity index (χ1) is 6.11. The van der Waals surface area contributed by atoms with Crippen LogP contribution in [0.2, 0.25) is 0 Å². The predicted octanol–water partition coefficient (Wildman–Crippen LogP) is 0.533. The van der Waals surface area contributed by atoms with Crippen LogP contribution in [0, 0.1) is 5.92 Å². The third-order valence-electron chi connectivity index (χ3n) is 1.62. The van der Waals surface area contributed by atoms with Gasteiger partial charge in [0, 0.05) is 13.6 Å². The Kier molecular flexibility index (Phi) is 3.00. The van der Waals surface area contributed by atoms with E-state index in [9.17, 15) is 4.79 Å². The van der Waals surface area contributed by atoms with E-state index in [2.05, 4.69) is 29.3 Å². The van der Waals surface area contributed by atoms with Gasteiger partial charge in [-0.3, -0.25) is 4.79 Å². The van der Waals surface area contributed by atoms with Gasteiger partial charge in [-0.2, -0.15) is 15.4 Å². The van der Waals surface area contributed by atoms with E-state index in [4.69, 9.17) is 0 Å². The molecular weight excluding hydrogens is 168 g/mol. The number of hydrogen-bond donors (Lipinski definition) is 1. The molecule has 0 saturated carbocycles. The van der Waals surface area contributed by atoms with Crippen molar-refractivity contribution in [2.45, 2.75) is 13.8 Å². The molecule has 0 atom stereocenters. The molecule has 72 valence electrons. The van der Waals surface area contributed by atoms with Crippen LogP contribution >= 0.6 is 0 Å². The molecule has 1 rings (SSSR count). The van der Waals surface area contributed by atoms with Gasteiger partial charge in [-0.1, -0.05) is 13.8 Å². The molecule has 1 heterocycles. The number of nitrogens with zero attached hydrogens (tertiary/aromatic N) is 3. The number of hydrogen-bond acceptors (Lipinski definition) is 3. The monoisotopic (exact) mass is 182 g/mol. The molecule has 1 amide bonds. The van der Waals surface area contributed by atoms with E-state index >= 15 is 0 Å². The van der Waals surface area contributed by atoms with Crippen LogP contribution in [0.1, 0.15) is 24.3 Å². The molecule has 0 aliphatic carbocycles. The Balaban J connectivity index is 2.58. The maximum Gasteiger partial charge on any atom is 0.275 e. The molecule has 0 unspecified atom stereocenters. The van der Waals surface area contributed by atoms with Crippen molar-refractivity contribution < 1.29 is 4.79 Å². The number of carbonyl (C=O) groups is 1. The number of aromatic amines is 1. The molecule has 5 nitrogen and oxygen atoms in total. The van der Waals surface area contributed by atoms with Crippen LogP contribution in [-0.4, -0.2) is 39.8 Å². The summed E-state index contributed by atoms with van der Waals surface area (Å²) in [7, 11) is 1.76. The summed E-state index contributed by atoms with van der Waals surface area (Å²) in [5, 5.41) is 9.71. The summed E-state index contributed by atoms with van der Waals surface area (Å²) < 4.78 is 0. The van der Waals surface area contributed by atoms with Crippen LogP contribution in [0.3, 0.4) is 0 Å². The van der Waals surface area contributed by atoms with Gasteiger partial charge in [0.15, 0.2) is 5.69 Å². The molecule has 0 spiro atoms. The molecule has 0 radical (unpaired) electrons. The number of carbonyl (C=O) groups excluding carboxylic acids is 1. The lowest BCUT2D eigenvalue weighted by atomic mass is 10.2. The van der Waals surface area contributed by atoms with Crippen molar-refractivity contribution in [2.24, 2.45) is 5.92 Å². The lowest BCUT2D eigenvalue weighted by Crippen LogP contribution is -2.30. The second-order valence-electron chi connectivity index (χ2n) is 3.43. The molecule has 5 heteroatoms. The maximum absolute atomic E-state index is 11.5. The van der Waals surface area contributed by atoms with Gasteiger partial charge in [-0.05, 0) is 5.92 Å². The molecule has 0 aliphatic heterocycles. The van der Waals surface area contributed by atoms with E-state index in [-0.39, 0.29) is 5.91 Å². The lowest BCUT2D eigenvalue weighted by Gasteiger charge is -2.17. The average molecular weight is 182 g/mol. The average Bonchev–Trinajstić information content (AvgIpc) is 2.53. The minimum Gasteiger partial charge on any atom is -0.340 e. The molecular formula is C8H14N4O. The number of nitrogens with one attached hydrogen (secondary N) is 1. The molecule has 1 aromatic heterocycles. The smallest absolute Gasteiger partial charge is 0.275 e. The Labute approximate surface area is 77.1 Å². The Hall–Kier alpha value is -1.39. The second kappa shape index (κ2) is 4.02. The van der Waals surface area contributed by atoms with Crippen LogP contribution < -0.4 is 0 Å². The fourth-order valence-electron chi connectivity index (χ4n) is 1.13. The Morgan fingerprint density at radius 1 is 1.69 bits per heavy atom. The minimum atomic E-state index is -0.0950. The highest BCUT2D eigenvalue weighted by Gasteiger charge is 2.14. The highest BCUT2D eigenvalue weighted by molar-refractivity contribution is 5.91. The number of H-pyrrole nitrogens is 1. The van der Waals surface area contributed by atoms with Crippen molar-refractivity contribution in [2.75, 3.05) is 13.6 Å². The molecule has 1 aromatic rings.